The number of aromatic amines is 1. The molecule has 0 radical (unpaired) electrons. The lowest BCUT2D eigenvalue weighted by Gasteiger charge is -2.37. The van der Waals surface area contributed by atoms with E-state index in [4.69, 9.17) is 21.1 Å². The molecule has 1 amide bonds. The average molecular weight is 349 g/mol. The number of piperidine rings is 1. The quantitative estimate of drug-likeness (QED) is 0.668. The highest BCUT2D eigenvalue weighted by Gasteiger charge is 2.41. The van der Waals surface area contributed by atoms with Gasteiger partial charge < -0.3 is 19.4 Å². The highest BCUT2D eigenvalue weighted by Crippen LogP contribution is 2.31. The fraction of sp³-hybridized carbons (Fsp3) is 0.412. The molecule has 2 fully saturated rings. The van der Waals surface area contributed by atoms with Gasteiger partial charge in [0, 0.05) is 48.1 Å². The van der Waals surface area contributed by atoms with Crippen LogP contribution in [-0.4, -0.2) is 53.7 Å². The molecule has 4 rings (SSSR count). The lowest BCUT2D eigenvalue weighted by molar-refractivity contribution is -0.186. The number of nitrogens with one attached hydrogen (secondary N) is 1. The molecule has 6 nitrogen and oxygen atoms in total. The van der Waals surface area contributed by atoms with Crippen LogP contribution in [0.25, 0.3) is 10.9 Å². The van der Waals surface area contributed by atoms with Gasteiger partial charge in [-0.1, -0.05) is 11.6 Å². The number of carbonyl (C=O) groups is 2. The lowest BCUT2D eigenvalue weighted by atomic mass is 10.0. The molecule has 1 N–H and O–H groups in total. The first-order valence-electron chi connectivity index (χ1n) is 7.96. The van der Waals surface area contributed by atoms with Crippen molar-refractivity contribution in [3.05, 3.63) is 35.0 Å². The molecule has 1 spiro atoms. The van der Waals surface area contributed by atoms with Gasteiger partial charge >= 0.3 is 0 Å². The van der Waals surface area contributed by atoms with E-state index in [1.165, 1.54) is 0 Å². The summed E-state index contributed by atoms with van der Waals surface area (Å²) in [6, 6.07) is 5.22. The van der Waals surface area contributed by atoms with Gasteiger partial charge in [0.15, 0.2) is 5.79 Å². The second kappa shape index (κ2) is 5.88. The normalized spacial score (nSPS) is 20.0. The molecule has 2 aromatic rings. The zero-order valence-electron chi connectivity index (χ0n) is 13.0. The molecule has 0 bridgehead atoms. The molecule has 0 unspecified atom stereocenters. The van der Waals surface area contributed by atoms with Crippen molar-refractivity contribution in [3.8, 4) is 0 Å². The van der Waals surface area contributed by atoms with Crippen molar-refractivity contribution in [2.24, 2.45) is 0 Å². The van der Waals surface area contributed by atoms with Gasteiger partial charge in [-0.2, -0.15) is 0 Å². The first-order valence-corrected chi connectivity index (χ1v) is 8.34. The molecular formula is C17H17ClN2O4. The number of nitrogens with zero attached hydrogens (tertiary/aromatic N) is 1. The number of ether oxygens (including phenoxy) is 2. The van der Waals surface area contributed by atoms with E-state index in [0.717, 1.165) is 5.52 Å². The third-order valence-electron chi connectivity index (χ3n) is 4.71. The van der Waals surface area contributed by atoms with Crippen molar-refractivity contribution < 1.29 is 19.1 Å². The van der Waals surface area contributed by atoms with Crippen molar-refractivity contribution in [3.63, 3.8) is 0 Å². The Balaban J connectivity index is 1.52. The molecule has 2 aliphatic heterocycles. The largest absolute Gasteiger partial charge is 0.360 e. The number of likely N-dealkylation sites (tertiary alicyclic amines) is 1. The van der Waals surface area contributed by atoms with Crippen LogP contribution in [-0.2, 0) is 14.3 Å². The number of hydrogen-bond donors (Lipinski definition) is 1. The minimum Gasteiger partial charge on any atom is -0.360 e. The Morgan fingerprint density at radius 1 is 1.17 bits per heavy atom. The monoisotopic (exact) mass is 348 g/mol. The summed E-state index contributed by atoms with van der Waals surface area (Å²) in [5.41, 5.74) is 1.13. The number of aromatic nitrogens is 1. The number of amides is 1. The number of halogens is 1. The molecule has 0 atom stereocenters. The van der Waals surface area contributed by atoms with Crippen molar-refractivity contribution in [2.75, 3.05) is 26.3 Å². The Morgan fingerprint density at radius 3 is 2.58 bits per heavy atom. The van der Waals surface area contributed by atoms with Crippen LogP contribution >= 0.6 is 11.6 Å². The van der Waals surface area contributed by atoms with Crippen LogP contribution in [0, 0.1) is 0 Å². The van der Waals surface area contributed by atoms with Gasteiger partial charge in [0.05, 0.1) is 18.8 Å². The van der Waals surface area contributed by atoms with Crippen LogP contribution in [0.4, 0.5) is 0 Å². The zero-order chi connectivity index (χ0) is 16.7. The highest BCUT2D eigenvalue weighted by molar-refractivity contribution is 6.45. The van der Waals surface area contributed by atoms with Gasteiger partial charge in [-0.05, 0) is 18.2 Å². The van der Waals surface area contributed by atoms with E-state index in [9.17, 15) is 9.59 Å². The van der Waals surface area contributed by atoms with Gasteiger partial charge in [-0.15, -0.1) is 0 Å². The van der Waals surface area contributed by atoms with Crippen molar-refractivity contribution in [1.29, 1.82) is 0 Å². The van der Waals surface area contributed by atoms with Crippen molar-refractivity contribution in [1.82, 2.24) is 9.88 Å². The summed E-state index contributed by atoms with van der Waals surface area (Å²) in [4.78, 5) is 29.8. The predicted octanol–water partition coefficient (Wildman–Crippen LogP) is 2.37. The second-order valence-electron chi connectivity index (χ2n) is 6.12. The highest BCUT2D eigenvalue weighted by atomic mass is 35.5. The van der Waals surface area contributed by atoms with Crippen molar-refractivity contribution >= 4 is 34.2 Å². The average Bonchev–Trinajstić information content (AvgIpc) is 3.21. The minimum atomic E-state index is -0.561. The molecule has 0 aliphatic carbocycles. The molecule has 3 heterocycles. The van der Waals surface area contributed by atoms with Gasteiger partial charge in [-0.3, -0.25) is 9.59 Å². The Hall–Kier alpha value is -1.89. The Labute approximate surface area is 143 Å². The molecule has 126 valence electrons. The maximum Gasteiger partial charge on any atom is 0.295 e. The number of Topliss-reactive ketones (excluding diaryl/α,β-unsaturated/α-hetero) is 1. The summed E-state index contributed by atoms with van der Waals surface area (Å²) in [5.74, 6) is -1.58. The van der Waals surface area contributed by atoms with E-state index in [1.807, 2.05) is 0 Å². The van der Waals surface area contributed by atoms with Crippen LogP contribution in [0.5, 0.6) is 0 Å². The van der Waals surface area contributed by atoms with Crippen LogP contribution in [0.2, 0.25) is 5.02 Å². The SMILES string of the molecule is O=C(C(=O)N1CCC2(CC1)OCCO2)c1c[nH]c2ccc(Cl)cc12. The molecule has 1 aromatic heterocycles. The number of ketones is 1. The van der Waals surface area contributed by atoms with Gasteiger partial charge in [0.25, 0.3) is 11.7 Å². The van der Waals surface area contributed by atoms with Crippen molar-refractivity contribution in [2.45, 2.75) is 18.6 Å². The van der Waals surface area contributed by atoms with Crippen LogP contribution in [0.15, 0.2) is 24.4 Å². The smallest absolute Gasteiger partial charge is 0.295 e. The number of rotatable bonds is 2. The summed E-state index contributed by atoms with van der Waals surface area (Å²) in [7, 11) is 0. The Kier molecular flexibility index (Phi) is 3.83. The van der Waals surface area contributed by atoms with E-state index in [-0.39, 0.29) is 0 Å². The maximum absolute atomic E-state index is 12.6. The molecule has 2 aliphatic rings. The summed E-state index contributed by atoms with van der Waals surface area (Å²) in [6.45, 7) is 2.08. The number of hydrogen-bond acceptors (Lipinski definition) is 4. The fourth-order valence-electron chi connectivity index (χ4n) is 3.38. The van der Waals surface area contributed by atoms with Crippen LogP contribution in [0.3, 0.4) is 0 Å². The van der Waals surface area contributed by atoms with E-state index in [2.05, 4.69) is 4.98 Å². The van der Waals surface area contributed by atoms with E-state index >= 15 is 0 Å². The maximum atomic E-state index is 12.6. The minimum absolute atomic E-state index is 0.353. The van der Waals surface area contributed by atoms with Gasteiger partial charge in [0.1, 0.15) is 0 Å². The molecule has 24 heavy (non-hydrogen) atoms. The summed E-state index contributed by atoms with van der Waals surface area (Å²) < 4.78 is 11.3. The topological polar surface area (TPSA) is 71.6 Å². The number of fused-ring (bicyclic) bond motifs is 1. The summed E-state index contributed by atoms with van der Waals surface area (Å²) in [5, 5.41) is 1.19. The second-order valence-corrected chi connectivity index (χ2v) is 6.56. The first-order chi connectivity index (χ1) is 11.6. The molecule has 0 saturated carbocycles. The first kappa shape index (κ1) is 15.6. The summed E-state index contributed by atoms with van der Waals surface area (Å²) in [6.07, 6.45) is 2.74. The van der Waals surface area contributed by atoms with Crippen LogP contribution in [0.1, 0.15) is 23.2 Å². The number of carbonyl (C=O) groups excluding carboxylic acids is 2. The fourth-order valence-corrected chi connectivity index (χ4v) is 3.55. The molecular weight excluding hydrogens is 332 g/mol. The zero-order valence-corrected chi connectivity index (χ0v) is 13.8. The van der Waals surface area contributed by atoms with Gasteiger partial charge in [0.2, 0.25) is 0 Å². The standard InChI is InChI=1S/C17H17ClN2O4/c18-11-1-2-14-12(9-11)13(10-19-14)15(21)16(22)20-5-3-17(4-6-20)23-7-8-24-17/h1-2,9-10,19H,3-8H2. The Morgan fingerprint density at radius 2 is 1.88 bits per heavy atom. The third kappa shape index (κ3) is 2.60. The number of benzene rings is 1. The molecule has 2 saturated heterocycles. The van der Waals surface area contributed by atoms with E-state index in [0.29, 0.717) is 55.1 Å². The van der Waals surface area contributed by atoms with Crippen LogP contribution < -0.4 is 0 Å². The predicted molar refractivity (Wildman–Crippen MR) is 88.1 cm³/mol. The van der Waals surface area contributed by atoms with E-state index < -0.39 is 17.5 Å². The van der Waals surface area contributed by atoms with E-state index in [1.54, 1.807) is 29.3 Å². The van der Waals surface area contributed by atoms with Gasteiger partial charge in [-0.25, -0.2) is 0 Å². The number of H-pyrrole nitrogens is 1. The molecule has 7 heteroatoms. The lowest BCUT2D eigenvalue weighted by Crippen LogP contribution is -2.49. The summed E-state index contributed by atoms with van der Waals surface area (Å²) >= 11 is 6.00. The molecule has 1 aromatic carbocycles. The Bertz CT molecular complexity index is 800. The third-order valence-corrected chi connectivity index (χ3v) is 4.94.